The van der Waals surface area contributed by atoms with Crippen LogP contribution in [0.15, 0.2) is 42.9 Å². The lowest BCUT2D eigenvalue weighted by Gasteiger charge is -2.33. The number of carbonyl (C=O) groups excluding carboxylic acids is 1. The van der Waals surface area contributed by atoms with Crippen LogP contribution < -0.4 is 4.90 Å². The van der Waals surface area contributed by atoms with Crippen LogP contribution in [0.25, 0.3) is 22.0 Å². The molecule has 210 valence electrons. The first kappa shape index (κ1) is 27.1. The third-order valence-corrected chi connectivity index (χ3v) is 8.64. The van der Waals surface area contributed by atoms with Gasteiger partial charge in [0, 0.05) is 54.6 Å². The Kier molecular flexibility index (Phi) is 7.46. The Balaban J connectivity index is 1.35. The van der Waals surface area contributed by atoms with Crippen molar-refractivity contribution in [3.8, 4) is 11.1 Å². The molecule has 2 aromatic carbocycles. The van der Waals surface area contributed by atoms with Gasteiger partial charge in [-0.15, -0.1) is 0 Å². The van der Waals surface area contributed by atoms with E-state index < -0.39 is 18.2 Å². The maximum atomic E-state index is 14.2. The van der Waals surface area contributed by atoms with Gasteiger partial charge in [-0.2, -0.15) is 5.10 Å². The minimum Gasteiger partial charge on any atom is -0.464 e. The first-order valence-electron chi connectivity index (χ1n) is 13.6. The number of imidazole rings is 1. The molecule has 6 rings (SSSR count). The van der Waals surface area contributed by atoms with E-state index in [0.29, 0.717) is 38.3 Å². The number of aliphatic hydroxyl groups is 1. The first-order chi connectivity index (χ1) is 19.4. The topological polar surface area (TPSA) is 85.4 Å². The minimum absolute atomic E-state index is 0.174. The predicted octanol–water partition coefficient (Wildman–Crippen LogP) is 5.46. The summed E-state index contributed by atoms with van der Waals surface area (Å²) in [5.41, 5.74) is 4.26. The normalized spacial score (nSPS) is 18.3. The molecule has 1 fully saturated rings. The molecule has 2 aliphatic rings. The number of nitrogens with zero attached hydrogens (tertiary/aromatic N) is 5. The number of aliphatic hydroxyl groups excluding tert-OH is 1. The number of rotatable bonds is 7. The summed E-state index contributed by atoms with van der Waals surface area (Å²) in [6, 6.07) is 8.96. The van der Waals surface area contributed by atoms with Gasteiger partial charge in [0.25, 0.3) is 0 Å². The molecule has 2 aliphatic heterocycles. The fraction of sp³-hybridized carbons (Fsp3) is 0.414. The summed E-state index contributed by atoms with van der Waals surface area (Å²) in [6.45, 7) is 4.18. The molecule has 2 atom stereocenters. The van der Waals surface area contributed by atoms with Crippen LogP contribution in [0, 0.1) is 5.92 Å². The van der Waals surface area contributed by atoms with Crippen molar-refractivity contribution >= 4 is 45.8 Å². The number of piperidine rings is 1. The molecule has 2 aromatic heterocycles. The van der Waals surface area contributed by atoms with E-state index in [-0.39, 0.29) is 26.2 Å². The number of benzene rings is 2. The van der Waals surface area contributed by atoms with Gasteiger partial charge in [-0.3, -0.25) is 4.68 Å². The number of carbonyl (C=O) groups is 1. The third-order valence-electron chi connectivity index (χ3n) is 7.94. The summed E-state index contributed by atoms with van der Waals surface area (Å²) in [6.07, 6.45) is 4.32. The van der Waals surface area contributed by atoms with E-state index in [4.69, 9.17) is 33.0 Å². The number of fused-ring (bicyclic) bond motifs is 2. The number of anilines is 1. The second-order valence-electron chi connectivity index (χ2n) is 10.4. The zero-order valence-electron chi connectivity index (χ0n) is 22.1. The van der Waals surface area contributed by atoms with Crippen LogP contribution in [0.2, 0.25) is 10.0 Å². The van der Waals surface area contributed by atoms with Crippen LogP contribution >= 0.6 is 23.2 Å². The van der Waals surface area contributed by atoms with Gasteiger partial charge in [0.05, 0.1) is 35.2 Å². The molecule has 0 spiro atoms. The van der Waals surface area contributed by atoms with Gasteiger partial charge in [0.15, 0.2) is 6.04 Å². The average Bonchev–Trinajstić information content (AvgIpc) is 3.67. The second kappa shape index (κ2) is 11.0. The van der Waals surface area contributed by atoms with Crippen LogP contribution in [0.4, 0.5) is 10.1 Å². The molecule has 0 unspecified atom stereocenters. The Labute approximate surface area is 241 Å². The molecule has 4 aromatic rings. The van der Waals surface area contributed by atoms with E-state index in [9.17, 15) is 14.3 Å². The summed E-state index contributed by atoms with van der Waals surface area (Å²) < 4.78 is 22.7. The van der Waals surface area contributed by atoms with Crippen LogP contribution in [-0.4, -0.2) is 62.9 Å². The van der Waals surface area contributed by atoms with Crippen molar-refractivity contribution < 1.29 is 19.0 Å². The lowest BCUT2D eigenvalue weighted by atomic mass is 9.97. The number of aromatic nitrogens is 4. The number of hydrogen-bond acceptors (Lipinski definition) is 6. The second-order valence-corrected chi connectivity index (χ2v) is 11.2. The molecule has 0 aliphatic carbocycles. The van der Waals surface area contributed by atoms with Crippen molar-refractivity contribution in [3.63, 3.8) is 0 Å². The zero-order chi connectivity index (χ0) is 28.0. The highest BCUT2D eigenvalue weighted by molar-refractivity contribution is 6.42. The Morgan fingerprint density at radius 3 is 2.67 bits per heavy atom. The quantitative estimate of drug-likeness (QED) is 0.290. The van der Waals surface area contributed by atoms with Crippen LogP contribution in [-0.2, 0) is 22.5 Å². The first-order valence-corrected chi connectivity index (χ1v) is 14.3. The molecule has 4 heterocycles. The van der Waals surface area contributed by atoms with Crippen LogP contribution in [0.3, 0.4) is 0 Å². The third kappa shape index (κ3) is 4.84. The number of ether oxygens (including phenoxy) is 1. The Bertz CT molecular complexity index is 1550. The highest BCUT2D eigenvalue weighted by Gasteiger charge is 2.35. The highest BCUT2D eigenvalue weighted by atomic mass is 35.5. The van der Waals surface area contributed by atoms with Gasteiger partial charge in [-0.1, -0.05) is 35.3 Å². The molecule has 0 amide bonds. The molecular formula is C29H30Cl2FN5O3. The van der Waals surface area contributed by atoms with E-state index in [0.717, 1.165) is 42.7 Å². The van der Waals surface area contributed by atoms with E-state index >= 15 is 0 Å². The molecule has 11 heteroatoms. The smallest absolute Gasteiger partial charge is 0.337 e. The molecule has 0 radical (unpaired) electrons. The van der Waals surface area contributed by atoms with Gasteiger partial charge >= 0.3 is 5.97 Å². The van der Waals surface area contributed by atoms with Crippen LogP contribution in [0.5, 0.6) is 0 Å². The van der Waals surface area contributed by atoms with Gasteiger partial charge < -0.3 is 19.3 Å². The van der Waals surface area contributed by atoms with Crippen LogP contribution in [0.1, 0.15) is 37.2 Å². The molecular weight excluding hydrogens is 556 g/mol. The Morgan fingerprint density at radius 2 is 1.98 bits per heavy atom. The van der Waals surface area contributed by atoms with Crippen molar-refractivity contribution in [2.45, 2.75) is 44.9 Å². The summed E-state index contributed by atoms with van der Waals surface area (Å²) >= 11 is 13.6. The Morgan fingerprint density at radius 1 is 1.23 bits per heavy atom. The fourth-order valence-electron chi connectivity index (χ4n) is 5.78. The van der Waals surface area contributed by atoms with Gasteiger partial charge in [-0.05, 0) is 49.4 Å². The van der Waals surface area contributed by atoms with Crippen molar-refractivity contribution in [3.05, 3.63) is 64.3 Å². The minimum atomic E-state index is -1.03. The number of halogens is 3. The van der Waals surface area contributed by atoms with Crippen molar-refractivity contribution in [2.24, 2.45) is 5.92 Å². The van der Waals surface area contributed by atoms with Crippen molar-refractivity contribution in [2.75, 3.05) is 31.2 Å². The zero-order valence-corrected chi connectivity index (χ0v) is 23.6. The van der Waals surface area contributed by atoms with Gasteiger partial charge in [0.1, 0.15) is 11.7 Å². The SMILES string of the molecule is CCOC(=O)[C@@H](c1ncn2c1C[C@@H](F)C2)n1cc2c(Cl)cc(-c3ccc(N4CCC(CO)CC4)cc3)c(Cl)c2n1. The number of hydrogen-bond donors (Lipinski definition) is 1. The molecule has 8 nitrogen and oxygen atoms in total. The summed E-state index contributed by atoms with van der Waals surface area (Å²) in [4.78, 5) is 19.9. The maximum absolute atomic E-state index is 14.2. The molecule has 1 saturated heterocycles. The molecule has 0 bridgehead atoms. The molecule has 1 N–H and O–H groups in total. The maximum Gasteiger partial charge on any atom is 0.337 e. The Hall–Kier alpha value is -3.14. The summed E-state index contributed by atoms with van der Waals surface area (Å²) in [5.74, 6) is -0.160. The molecule has 40 heavy (non-hydrogen) atoms. The van der Waals surface area contributed by atoms with Crippen molar-refractivity contribution in [1.82, 2.24) is 19.3 Å². The van der Waals surface area contributed by atoms with E-state index in [1.165, 1.54) is 4.68 Å². The summed E-state index contributed by atoms with van der Waals surface area (Å²) in [5, 5.41) is 15.6. The fourth-order valence-corrected chi connectivity index (χ4v) is 6.33. The largest absolute Gasteiger partial charge is 0.464 e. The monoisotopic (exact) mass is 585 g/mol. The van der Waals surface area contributed by atoms with Gasteiger partial charge in [-0.25, -0.2) is 14.2 Å². The van der Waals surface area contributed by atoms with Gasteiger partial charge in [0.2, 0.25) is 0 Å². The van der Waals surface area contributed by atoms with E-state index in [1.807, 2.05) is 12.1 Å². The summed E-state index contributed by atoms with van der Waals surface area (Å²) in [7, 11) is 0. The predicted molar refractivity (Wildman–Crippen MR) is 153 cm³/mol. The number of esters is 1. The lowest BCUT2D eigenvalue weighted by molar-refractivity contribution is -0.146. The standard InChI is InChI=1S/C29H30Cl2FN5O3/c1-2-40-29(39)28(27-24-11-19(32)13-36(24)16-33-27)37-14-22-23(30)12-21(25(31)26(22)34-37)18-3-5-20(6-4-18)35-9-7-17(15-38)8-10-35/h3-6,12,14,16-17,19,28,38H,2,7-11,13,15H2,1H3/t19-,28-/m1/s1. The van der Waals surface area contributed by atoms with E-state index in [1.54, 1.807) is 30.1 Å². The van der Waals surface area contributed by atoms with Crippen molar-refractivity contribution in [1.29, 1.82) is 0 Å². The number of alkyl halides is 1. The molecule has 0 saturated carbocycles. The lowest BCUT2D eigenvalue weighted by Crippen LogP contribution is -2.34. The average molecular weight is 586 g/mol. The highest BCUT2D eigenvalue weighted by Crippen LogP contribution is 2.40. The van der Waals surface area contributed by atoms with E-state index in [2.05, 4.69) is 22.0 Å².